The summed E-state index contributed by atoms with van der Waals surface area (Å²) in [5, 5.41) is 11.8. The number of nitrogens with zero attached hydrogens (tertiary/aromatic N) is 2. The van der Waals surface area contributed by atoms with Crippen molar-refractivity contribution in [3.05, 3.63) is 53.1 Å². The van der Waals surface area contributed by atoms with Crippen molar-refractivity contribution in [1.29, 1.82) is 5.26 Å². The number of benzene rings is 2. The second-order valence-electron chi connectivity index (χ2n) is 5.40. The molecule has 0 unspecified atom stereocenters. The van der Waals surface area contributed by atoms with Crippen LogP contribution in [0.5, 0.6) is 5.75 Å². The first-order valence-electron chi connectivity index (χ1n) is 7.60. The highest BCUT2D eigenvalue weighted by Gasteiger charge is 2.25. The number of fused-ring (bicyclic) bond motifs is 1. The molecule has 0 aromatic heterocycles. The number of nitriles is 1. The number of rotatable bonds is 3. The number of halogens is 1. The van der Waals surface area contributed by atoms with Crippen molar-refractivity contribution in [2.24, 2.45) is 0 Å². The second-order valence-corrected chi connectivity index (χ2v) is 5.81. The first-order chi connectivity index (χ1) is 12.1. The highest BCUT2D eigenvalue weighted by Crippen LogP contribution is 2.30. The van der Waals surface area contributed by atoms with E-state index in [1.54, 1.807) is 24.3 Å². The van der Waals surface area contributed by atoms with Crippen LogP contribution in [0.15, 0.2) is 42.5 Å². The van der Waals surface area contributed by atoms with Gasteiger partial charge in [0, 0.05) is 5.69 Å². The third kappa shape index (κ3) is 3.73. The van der Waals surface area contributed by atoms with E-state index >= 15 is 0 Å². The van der Waals surface area contributed by atoms with Crippen LogP contribution < -0.4 is 15.0 Å². The predicted octanol–water partition coefficient (Wildman–Crippen LogP) is 2.97. The van der Waals surface area contributed by atoms with E-state index in [-0.39, 0.29) is 36.4 Å². The first-order valence-corrected chi connectivity index (χ1v) is 7.98. The zero-order chi connectivity index (χ0) is 17.8. The number of ether oxygens (including phenoxy) is 1. The highest BCUT2D eigenvalue weighted by atomic mass is 35.5. The zero-order valence-corrected chi connectivity index (χ0v) is 13.9. The van der Waals surface area contributed by atoms with Gasteiger partial charge in [-0.15, -0.1) is 0 Å². The standard InChI is InChI=1S/C18H14ClN3O3/c19-14-9-13(6-5-12(14)10-20)21-17(23)11-22-15-3-1-2-4-16(15)25-8-7-18(22)24/h1-6,9H,7-8,11H2,(H,21,23). The van der Waals surface area contributed by atoms with Crippen LogP contribution in [0.4, 0.5) is 11.4 Å². The summed E-state index contributed by atoms with van der Waals surface area (Å²) in [6, 6.07) is 13.7. The van der Waals surface area contributed by atoms with Gasteiger partial charge in [-0.25, -0.2) is 0 Å². The highest BCUT2D eigenvalue weighted by molar-refractivity contribution is 6.32. The molecular formula is C18H14ClN3O3. The molecule has 0 atom stereocenters. The van der Waals surface area contributed by atoms with E-state index < -0.39 is 0 Å². The molecule has 1 heterocycles. The molecule has 1 aliphatic heterocycles. The SMILES string of the molecule is N#Cc1ccc(NC(=O)CN2C(=O)CCOc3ccccc32)cc1Cl. The van der Waals surface area contributed by atoms with Gasteiger partial charge in [0.05, 0.1) is 29.3 Å². The van der Waals surface area contributed by atoms with Gasteiger partial charge in [-0.2, -0.15) is 5.26 Å². The molecule has 3 rings (SSSR count). The average Bonchev–Trinajstić information content (AvgIpc) is 2.75. The molecule has 2 amide bonds. The fourth-order valence-electron chi connectivity index (χ4n) is 2.52. The number of carbonyl (C=O) groups excluding carboxylic acids is 2. The molecule has 1 N–H and O–H groups in total. The number of anilines is 2. The molecule has 0 bridgehead atoms. The molecule has 0 radical (unpaired) electrons. The normalized spacial score (nSPS) is 13.3. The van der Waals surface area contributed by atoms with Crippen molar-refractivity contribution >= 4 is 34.8 Å². The Kier molecular flexibility index (Phi) is 4.87. The molecule has 0 fully saturated rings. The Hall–Kier alpha value is -3.04. The third-order valence-electron chi connectivity index (χ3n) is 3.71. The van der Waals surface area contributed by atoms with Gasteiger partial charge in [0.15, 0.2) is 0 Å². The fourth-order valence-corrected chi connectivity index (χ4v) is 2.74. The fraction of sp³-hybridized carbons (Fsp3) is 0.167. The lowest BCUT2D eigenvalue weighted by Crippen LogP contribution is -2.37. The molecule has 6 nitrogen and oxygen atoms in total. The zero-order valence-electron chi connectivity index (χ0n) is 13.2. The summed E-state index contributed by atoms with van der Waals surface area (Å²) in [4.78, 5) is 26.1. The minimum absolute atomic E-state index is 0.142. The maximum absolute atomic E-state index is 12.4. The molecule has 25 heavy (non-hydrogen) atoms. The van der Waals surface area contributed by atoms with Crippen LogP contribution in [-0.2, 0) is 9.59 Å². The second kappa shape index (κ2) is 7.24. The number of carbonyl (C=O) groups is 2. The number of nitrogens with one attached hydrogen (secondary N) is 1. The predicted molar refractivity (Wildman–Crippen MR) is 93.7 cm³/mol. The van der Waals surface area contributed by atoms with E-state index in [0.717, 1.165) is 0 Å². The van der Waals surface area contributed by atoms with E-state index in [2.05, 4.69) is 5.32 Å². The molecule has 7 heteroatoms. The summed E-state index contributed by atoms with van der Waals surface area (Å²) in [6.45, 7) is 0.135. The van der Waals surface area contributed by atoms with E-state index in [0.29, 0.717) is 22.7 Å². The Balaban J connectivity index is 1.77. The minimum atomic E-state index is -0.370. The Bertz CT molecular complexity index is 876. The molecular weight excluding hydrogens is 342 g/mol. The Morgan fingerprint density at radius 1 is 1.32 bits per heavy atom. The molecule has 0 saturated carbocycles. The lowest BCUT2D eigenvalue weighted by Gasteiger charge is -2.21. The van der Waals surface area contributed by atoms with Crippen LogP contribution in [0, 0.1) is 11.3 Å². The lowest BCUT2D eigenvalue weighted by atomic mass is 10.2. The lowest BCUT2D eigenvalue weighted by molar-refractivity contribution is -0.121. The van der Waals surface area contributed by atoms with Gasteiger partial charge in [-0.05, 0) is 30.3 Å². The summed E-state index contributed by atoms with van der Waals surface area (Å²) in [5.74, 6) is 0.0198. The van der Waals surface area contributed by atoms with Gasteiger partial charge in [-0.1, -0.05) is 23.7 Å². The molecule has 0 saturated heterocycles. The van der Waals surface area contributed by atoms with Gasteiger partial charge in [-0.3, -0.25) is 14.5 Å². The van der Waals surface area contributed by atoms with Crippen molar-refractivity contribution < 1.29 is 14.3 Å². The van der Waals surface area contributed by atoms with Gasteiger partial charge >= 0.3 is 0 Å². The summed E-state index contributed by atoms with van der Waals surface area (Å²) >= 11 is 5.96. The van der Waals surface area contributed by atoms with Crippen molar-refractivity contribution in [3.8, 4) is 11.8 Å². The van der Waals surface area contributed by atoms with Crippen LogP contribution in [0.25, 0.3) is 0 Å². The van der Waals surface area contributed by atoms with Crippen molar-refractivity contribution in [2.75, 3.05) is 23.4 Å². The smallest absolute Gasteiger partial charge is 0.244 e. The number of para-hydroxylation sites is 2. The first kappa shape index (κ1) is 16.8. The maximum Gasteiger partial charge on any atom is 0.244 e. The van der Waals surface area contributed by atoms with E-state index in [1.807, 2.05) is 12.1 Å². The number of amides is 2. The largest absolute Gasteiger partial charge is 0.491 e. The van der Waals surface area contributed by atoms with Gasteiger partial charge in [0.25, 0.3) is 0 Å². The molecule has 0 aliphatic carbocycles. The van der Waals surface area contributed by atoms with E-state index in [4.69, 9.17) is 21.6 Å². The number of hydrogen-bond donors (Lipinski definition) is 1. The topological polar surface area (TPSA) is 82.4 Å². The van der Waals surface area contributed by atoms with Crippen molar-refractivity contribution in [2.45, 2.75) is 6.42 Å². The maximum atomic E-state index is 12.4. The quantitative estimate of drug-likeness (QED) is 0.917. The van der Waals surface area contributed by atoms with Crippen LogP contribution in [-0.4, -0.2) is 25.0 Å². The minimum Gasteiger partial charge on any atom is -0.491 e. The average molecular weight is 356 g/mol. The summed E-state index contributed by atoms with van der Waals surface area (Å²) in [6.07, 6.45) is 0.199. The van der Waals surface area contributed by atoms with E-state index in [1.165, 1.54) is 17.0 Å². The van der Waals surface area contributed by atoms with Gasteiger partial charge in [0.2, 0.25) is 11.8 Å². The van der Waals surface area contributed by atoms with Crippen LogP contribution in [0.1, 0.15) is 12.0 Å². The van der Waals surface area contributed by atoms with Crippen LogP contribution in [0.2, 0.25) is 5.02 Å². The van der Waals surface area contributed by atoms with Crippen LogP contribution >= 0.6 is 11.6 Å². The Morgan fingerprint density at radius 3 is 2.88 bits per heavy atom. The molecule has 2 aromatic carbocycles. The van der Waals surface area contributed by atoms with Crippen molar-refractivity contribution in [3.63, 3.8) is 0 Å². The van der Waals surface area contributed by atoms with Gasteiger partial charge in [0.1, 0.15) is 18.4 Å². The van der Waals surface area contributed by atoms with Crippen molar-refractivity contribution in [1.82, 2.24) is 0 Å². The Morgan fingerprint density at radius 2 is 2.12 bits per heavy atom. The van der Waals surface area contributed by atoms with Gasteiger partial charge < -0.3 is 10.1 Å². The monoisotopic (exact) mass is 355 g/mol. The third-order valence-corrected chi connectivity index (χ3v) is 4.02. The van der Waals surface area contributed by atoms with E-state index in [9.17, 15) is 9.59 Å². The summed E-state index contributed by atoms with van der Waals surface area (Å²) < 4.78 is 5.55. The Labute approximate surface area is 149 Å². The summed E-state index contributed by atoms with van der Waals surface area (Å²) in [5.41, 5.74) is 1.35. The molecule has 126 valence electrons. The molecule has 2 aromatic rings. The summed E-state index contributed by atoms with van der Waals surface area (Å²) in [7, 11) is 0. The molecule has 0 spiro atoms. The number of hydrogen-bond acceptors (Lipinski definition) is 4. The van der Waals surface area contributed by atoms with Crippen LogP contribution in [0.3, 0.4) is 0 Å². The molecule has 1 aliphatic rings.